The quantitative estimate of drug-likeness (QED) is 0.883. The van der Waals surface area contributed by atoms with E-state index in [2.05, 4.69) is 22.3 Å². The summed E-state index contributed by atoms with van der Waals surface area (Å²) in [6, 6.07) is 8.12. The Hall–Kier alpha value is -1.43. The van der Waals surface area contributed by atoms with Crippen molar-refractivity contribution < 1.29 is 9.63 Å². The normalized spacial score (nSPS) is 20.6. The van der Waals surface area contributed by atoms with Crippen molar-refractivity contribution in [2.45, 2.75) is 12.8 Å². The van der Waals surface area contributed by atoms with Gasteiger partial charge in [0, 0.05) is 32.7 Å². The number of amides is 1. The van der Waals surface area contributed by atoms with Gasteiger partial charge in [0.05, 0.1) is 18.7 Å². The summed E-state index contributed by atoms with van der Waals surface area (Å²) in [6.45, 7) is 6.03. The summed E-state index contributed by atoms with van der Waals surface area (Å²) < 4.78 is 0. The van der Waals surface area contributed by atoms with Crippen LogP contribution in [0.3, 0.4) is 0 Å². The SMILES string of the molecule is O=C1CCON1c1ccc(CCN2CCNCC2)cc1. The molecule has 2 fully saturated rings. The fourth-order valence-electron chi connectivity index (χ4n) is 2.64. The van der Waals surface area contributed by atoms with Crippen LogP contribution in [0.2, 0.25) is 0 Å². The predicted molar refractivity (Wildman–Crippen MR) is 77.5 cm³/mol. The van der Waals surface area contributed by atoms with Crippen molar-refractivity contribution in [1.29, 1.82) is 0 Å². The van der Waals surface area contributed by atoms with Crippen LogP contribution in [0.15, 0.2) is 24.3 Å². The molecule has 20 heavy (non-hydrogen) atoms. The molecule has 3 rings (SSSR count). The zero-order chi connectivity index (χ0) is 13.8. The molecule has 5 heteroatoms. The average Bonchev–Trinajstić information content (AvgIpc) is 2.93. The number of anilines is 1. The maximum absolute atomic E-state index is 11.6. The molecule has 0 saturated carbocycles. The maximum Gasteiger partial charge on any atom is 0.253 e. The minimum absolute atomic E-state index is 0.0403. The van der Waals surface area contributed by atoms with Gasteiger partial charge in [0.25, 0.3) is 5.91 Å². The molecule has 2 aliphatic rings. The molecular formula is C15H21N3O2. The number of benzene rings is 1. The predicted octanol–water partition coefficient (Wildman–Crippen LogP) is 0.803. The Morgan fingerprint density at radius 1 is 1.15 bits per heavy atom. The second kappa shape index (κ2) is 6.35. The van der Waals surface area contributed by atoms with Gasteiger partial charge in [0.1, 0.15) is 0 Å². The van der Waals surface area contributed by atoms with E-state index < -0.39 is 0 Å². The van der Waals surface area contributed by atoms with Crippen LogP contribution in [0.25, 0.3) is 0 Å². The Morgan fingerprint density at radius 3 is 2.55 bits per heavy atom. The second-order valence-electron chi connectivity index (χ2n) is 5.28. The first-order valence-electron chi connectivity index (χ1n) is 7.31. The molecular weight excluding hydrogens is 254 g/mol. The van der Waals surface area contributed by atoms with Gasteiger partial charge in [0.15, 0.2) is 0 Å². The molecule has 108 valence electrons. The Labute approximate surface area is 119 Å². The lowest BCUT2D eigenvalue weighted by Gasteiger charge is -2.27. The summed E-state index contributed by atoms with van der Waals surface area (Å²) in [6.07, 6.45) is 1.53. The molecule has 1 aromatic carbocycles. The molecule has 0 bridgehead atoms. The monoisotopic (exact) mass is 275 g/mol. The fraction of sp³-hybridized carbons (Fsp3) is 0.533. The first kappa shape index (κ1) is 13.5. The second-order valence-corrected chi connectivity index (χ2v) is 5.28. The molecule has 2 aliphatic heterocycles. The largest absolute Gasteiger partial charge is 0.314 e. The fourth-order valence-corrected chi connectivity index (χ4v) is 2.64. The number of piperazine rings is 1. The van der Waals surface area contributed by atoms with Gasteiger partial charge in [-0.15, -0.1) is 0 Å². The van der Waals surface area contributed by atoms with Crippen LogP contribution in [0.1, 0.15) is 12.0 Å². The molecule has 1 aromatic rings. The third kappa shape index (κ3) is 3.17. The zero-order valence-corrected chi connectivity index (χ0v) is 11.7. The van der Waals surface area contributed by atoms with Crippen LogP contribution >= 0.6 is 0 Å². The molecule has 0 unspecified atom stereocenters. The van der Waals surface area contributed by atoms with E-state index in [9.17, 15) is 4.79 Å². The standard InChI is InChI=1S/C15H21N3O2/c19-15-6-12-20-18(15)14-3-1-13(2-4-14)5-9-17-10-7-16-8-11-17/h1-4,16H,5-12H2. The van der Waals surface area contributed by atoms with Gasteiger partial charge in [-0.05, 0) is 24.1 Å². The Morgan fingerprint density at radius 2 is 1.90 bits per heavy atom. The molecule has 0 aromatic heterocycles. The van der Waals surface area contributed by atoms with Gasteiger partial charge < -0.3 is 10.2 Å². The van der Waals surface area contributed by atoms with Crippen molar-refractivity contribution in [3.63, 3.8) is 0 Å². The summed E-state index contributed by atoms with van der Waals surface area (Å²) >= 11 is 0. The van der Waals surface area contributed by atoms with Crippen LogP contribution in [0, 0.1) is 0 Å². The van der Waals surface area contributed by atoms with E-state index in [1.54, 1.807) is 0 Å². The highest BCUT2D eigenvalue weighted by Gasteiger charge is 2.23. The van der Waals surface area contributed by atoms with E-state index in [1.807, 2.05) is 12.1 Å². The molecule has 0 spiro atoms. The maximum atomic E-state index is 11.6. The van der Waals surface area contributed by atoms with Crippen LogP contribution in [-0.4, -0.2) is 50.1 Å². The number of carbonyl (C=O) groups is 1. The Kier molecular flexibility index (Phi) is 4.30. The highest BCUT2D eigenvalue weighted by Crippen LogP contribution is 2.20. The number of carbonyl (C=O) groups excluding carboxylic acids is 1. The Bertz CT molecular complexity index is 455. The van der Waals surface area contributed by atoms with Crippen molar-refractivity contribution >= 4 is 11.6 Å². The van der Waals surface area contributed by atoms with E-state index in [-0.39, 0.29) is 5.91 Å². The summed E-state index contributed by atoms with van der Waals surface area (Å²) in [7, 11) is 0. The van der Waals surface area contributed by atoms with Crippen molar-refractivity contribution in [1.82, 2.24) is 10.2 Å². The molecule has 0 aliphatic carbocycles. The summed E-state index contributed by atoms with van der Waals surface area (Å²) in [5, 5.41) is 4.77. The number of hydroxylamine groups is 1. The van der Waals surface area contributed by atoms with E-state index in [0.717, 1.165) is 44.8 Å². The highest BCUT2D eigenvalue weighted by molar-refractivity contribution is 5.92. The van der Waals surface area contributed by atoms with Crippen LogP contribution in [-0.2, 0) is 16.1 Å². The molecule has 1 amide bonds. The molecule has 0 radical (unpaired) electrons. The van der Waals surface area contributed by atoms with Crippen LogP contribution < -0.4 is 10.4 Å². The molecule has 2 saturated heterocycles. The summed E-state index contributed by atoms with van der Waals surface area (Å²) in [4.78, 5) is 19.4. The minimum Gasteiger partial charge on any atom is -0.314 e. The van der Waals surface area contributed by atoms with Gasteiger partial charge in [-0.1, -0.05) is 12.1 Å². The number of nitrogens with one attached hydrogen (secondary N) is 1. The van der Waals surface area contributed by atoms with Crippen molar-refractivity contribution in [2.24, 2.45) is 0 Å². The summed E-state index contributed by atoms with van der Waals surface area (Å²) in [5.74, 6) is 0.0403. The van der Waals surface area contributed by atoms with Gasteiger partial charge >= 0.3 is 0 Å². The number of hydrogen-bond donors (Lipinski definition) is 1. The molecule has 2 heterocycles. The number of nitrogens with zero attached hydrogens (tertiary/aromatic N) is 2. The van der Waals surface area contributed by atoms with E-state index in [0.29, 0.717) is 13.0 Å². The minimum atomic E-state index is 0.0403. The van der Waals surface area contributed by atoms with Crippen LogP contribution in [0.4, 0.5) is 5.69 Å². The molecule has 1 N–H and O–H groups in total. The zero-order valence-electron chi connectivity index (χ0n) is 11.7. The first-order chi connectivity index (χ1) is 9.83. The molecule has 0 atom stereocenters. The number of rotatable bonds is 4. The van der Waals surface area contributed by atoms with Gasteiger partial charge in [-0.3, -0.25) is 9.63 Å². The average molecular weight is 275 g/mol. The lowest BCUT2D eigenvalue weighted by Crippen LogP contribution is -2.44. The summed E-state index contributed by atoms with van der Waals surface area (Å²) in [5.41, 5.74) is 2.14. The van der Waals surface area contributed by atoms with Crippen molar-refractivity contribution in [2.75, 3.05) is 44.4 Å². The van der Waals surface area contributed by atoms with Gasteiger partial charge in [0.2, 0.25) is 0 Å². The third-order valence-electron chi connectivity index (χ3n) is 3.86. The molecule has 5 nitrogen and oxygen atoms in total. The van der Waals surface area contributed by atoms with Crippen molar-refractivity contribution in [3.8, 4) is 0 Å². The van der Waals surface area contributed by atoms with E-state index in [4.69, 9.17) is 4.84 Å². The van der Waals surface area contributed by atoms with Gasteiger partial charge in [-0.25, -0.2) is 0 Å². The van der Waals surface area contributed by atoms with E-state index >= 15 is 0 Å². The van der Waals surface area contributed by atoms with Gasteiger partial charge in [-0.2, -0.15) is 5.06 Å². The topological polar surface area (TPSA) is 44.8 Å². The van der Waals surface area contributed by atoms with E-state index in [1.165, 1.54) is 10.6 Å². The van der Waals surface area contributed by atoms with Crippen molar-refractivity contribution in [3.05, 3.63) is 29.8 Å². The first-order valence-corrected chi connectivity index (χ1v) is 7.31. The Balaban J connectivity index is 1.54. The lowest BCUT2D eigenvalue weighted by atomic mass is 10.1. The number of hydrogen-bond acceptors (Lipinski definition) is 4. The third-order valence-corrected chi connectivity index (χ3v) is 3.86. The van der Waals surface area contributed by atoms with Crippen LogP contribution in [0.5, 0.6) is 0 Å². The highest BCUT2D eigenvalue weighted by atomic mass is 16.7. The smallest absolute Gasteiger partial charge is 0.253 e. The lowest BCUT2D eigenvalue weighted by molar-refractivity contribution is -0.119.